The lowest BCUT2D eigenvalue weighted by molar-refractivity contribution is 0.181. The fourth-order valence-corrected chi connectivity index (χ4v) is 1.78. The van der Waals surface area contributed by atoms with Gasteiger partial charge < -0.3 is 19.9 Å². The van der Waals surface area contributed by atoms with Crippen molar-refractivity contribution in [3.8, 4) is 0 Å². The highest BCUT2D eigenvalue weighted by Crippen LogP contribution is 2.17. The molecule has 1 N–H and O–H groups in total. The van der Waals surface area contributed by atoms with E-state index in [2.05, 4.69) is 39.0 Å². The van der Waals surface area contributed by atoms with Crippen LogP contribution in [0.2, 0.25) is 0 Å². The van der Waals surface area contributed by atoms with E-state index in [-0.39, 0.29) is 6.04 Å². The number of aromatic nitrogens is 3. The van der Waals surface area contributed by atoms with Gasteiger partial charge in [0.2, 0.25) is 17.8 Å². The number of rotatable bonds is 7. The lowest BCUT2D eigenvalue weighted by Gasteiger charge is -2.28. The summed E-state index contributed by atoms with van der Waals surface area (Å²) in [6.07, 6.45) is 0. The van der Waals surface area contributed by atoms with Gasteiger partial charge in [-0.3, -0.25) is 0 Å². The van der Waals surface area contributed by atoms with Crippen LogP contribution in [0.3, 0.4) is 0 Å². The van der Waals surface area contributed by atoms with E-state index in [1.807, 2.05) is 19.0 Å². The van der Waals surface area contributed by atoms with E-state index in [4.69, 9.17) is 4.74 Å². The smallest absolute Gasteiger partial charge is 0.232 e. The van der Waals surface area contributed by atoms with Crippen molar-refractivity contribution in [2.75, 3.05) is 56.5 Å². The number of methoxy groups -OCH3 is 1. The van der Waals surface area contributed by atoms with Crippen molar-refractivity contribution in [2.45, 2.75) is 19.9 Å². The van der Waals surface area contributed by atoms with Crippen LogP contribution in [-0.4, -0.2) is 62.4 Å². The number of ether oxygens (including phenoxy) is 1. The summed E-state index contributed by atoms with van der Waals surface area (Å²) in [6, 6.07) is 0.206. The Bertz CT molecular complexity index is 398. The Labute approximate surface area is 115 Å². The van der Waals surface area contributed by atoms with Crippen molar-refractivity contribution in [2.24, 2.45) is 0 Å². The van der Waals surface area contributed by atoms with Gasteiger partial charge in [-0.15, -0.1) is 0 Å². The molecule has 0 spiro atoms. The molecular formula is C12H24N6O. The number of hydrogen-bond donors (Lipinski definition) is 1. The van der Waals surface area contributed by atoms with Gasteiger partial charge in [-0.25, -0.2) is 0 Å². The lowest BCUT2D eigenvalue weighted by Crippen LogP contribution is -2.37. The molecule has 1 heterocycles. The van der Waals surface area contributed by atoms with Crippen LogP contribution < -0.4 is 15.1 Å². The average Bonchev–Trinajstić information content (AvgIpc) is 2.39. The van der Waals surface area contributed by atoms with Crippen LogP contribution in [0.25, 0.3) is 0 Å². The SMILES string of the molecule is CCN(c1nc(NC)nc(N(C)C)n1)C(C)COC. The van der Waals surface area contributed by atoms with Crippen molar-refractivity contribution >= 4 is 17.8 Å². The molecule has 0 saturated carbocycles. The van der Waals surface area contributed by atoms with E-state index in [1.165, 1.54) is 0 Å². The van der Waals surface area contributed by atoms with Gasteiger partial charge in [0.1, 0.15) is 0 Å². The predicted octanol–water partition coefficient (Wildman–Crippen LogP) is 0.841. The summed E-state index contributed by atoms with van der Waals surface area (Å²) >= 11 is 0. The van der Waals surface area contributed by atoms with Crippen LogP contribution in [0.1, 0.15) is 13.8 Å². The van der Waals surface area contributed by atoms with Crippen LogP contribution >= 0.6 is 0 Å². The Morgan fingerprint density at radius 1 is 1.21 bits per heavy atom. The minimum Gasteiger partial charge on any atom is -0.383 e. The second-order valence-electron chi connectivity index (χ2n) is 4.49. The molecule has 1 aromatic heterocycles. The van der Waals surface area contributed by atoms with Crippen molar-refractivity contribution in [1.82, 2.24) is 15.0 Å². The van der Waals surface area contributed by atoms with Crippen molar-refractivity contribution in [3.63, 3.8) is 0 Å². The molecule has 1 aromatic rings. The number of likely N-dealkylation sites (N-methyl/N-ethyl adjacent to an activating group) is 1. The van der Waals surface area contributed by atoms with Crippen LogP contribution in [0.5, 0.6) is 0 Å². The van der Waals surface area contributed by atoms with Gasteiger partial charge in [0, 0.05) is 34.8 Å². The molecule has 0 radical (unpaired) electrons. The number of nitrogens with one attached hydrogen (secondary N) is 1. The predicted molar refractivity (Wildman–Crippen MR) is 78.1 cm³/mol. The highest BCUT2D eigenvalue weighted by molar-refractivity contribution is 5.44. The summed E-state index contributed by atoms with van der Waals surface area (Å²) in [5.74, 6) is 1.87. The molecule has 0 amide bonds. The molecule has 0 saturated heterocycles. The maximum atomic E-state index is 5.20. The Morgan fingerprint density at radius 3 is 2.32 bits per heavy atom. The Morgan fingerprint density at radius 2 is 1.84 bits per heavy atom. The van der Waals surface area contributed by atoms with Gasteiger partial charge in [-0.05, 0) is 13.8 Å². The minimum atomic E-state index is 0.206. The molecule has 0 bridgehead atoms. The number of anilines is 3. The van der Waals surface area contributed by atoms with Crippen molar-refractivity contribution in [3.05, 3.63) is 0 Å². The standard InChI is InChI=1S/C12H24N6O/c1-7-18(9(2)8-19-6)12-15-10(13-3)14-11(16-12)17(4)5/h9H,7-8H2,1-6H3,(H,13,14,15,16). The van der Waals surface area contributed by atoms with Crippen LogP contribution in [0, 0.1) is 0 Å². The summed E-state index contributed by atoms with van der Waals surface area (Å²) in [5, 5.41) is 2.97. The van der Waals surface area contributed by atoms with Crippen LogP contribution in [0.4, 0.5) is 17.8 Å². The molecule has 108 valence electrons. The second-order valence-corrected chi connectivity index (χ2v) is 4.49. The van der Waals surface area contributed by atoms with E-state index < -0.39 is 0 Å². The first-order valence-electron chi connectivity index (χ1n) is 6.40. The summed E-state index contributed by atoms with van der Waals surface area (Å²) in [6.45, 7) is 5.60. The Balaban J connectivity index is 3.11. The van der Waals surface area contributed by atoms with Crippen LogP contribution in [0.15, 0.2) is 0 Å². The molecule has 1 unspecified atom stereocenters. The molecule has 1 atom stereocenters. The summed E-state index contributed by atoms with van der Waals surface area (Å²) in [5.41, 5.74) is 0. The lowest BCUT2D eigenvalue weighted by atomic mass is 10.3. The second kappa shape index (κ2) is 7.08. The highest BCUT2D eigenvalue weighted by atomic mass is 16.5. The van der Waals surface area contributed by atoms with E-state index in [9.17, 15) is 0 Å². The minimum absolute atomic E-state index is 0.206. The van der Waals surface area contributed by atoms with Crippen molar-refractivity contribution < 1.29 is 4.74 Å². The summed E-state index contributed by atoms with van der Waals surface area (Å²) < 4.78 is 5.20. The van der Waals surface area contributed by atoms with Gasteiger partial charge >= 0.3 is 0 Å². The topological polar surface area (TPSA) is 66.4 Å². The molecule has 19 heavy (non-hydrogen) atoms. The highest BCUT2D eigenvalue weighted by Gasteiger charge is 2.18. The molecule has 7 nitrogen and oxygen atoms in total. The molecule has 7 heteroatoms. The third-order valence-electron chi connectivity index (χ3n) is 2.77. The van der Waals surface area contributed by atoms with E-state index >= 15 is 0 Å². The molecule has 0 aromatic carbocycles. The first-order chi connectivity index (χ1) is 9.03. The summed E-state index contributed by atoms with van der Waals surface area (Å²) in [7, 11) is 7.32. The summed E-state index contributed by atoms with van der Waals surface area (Å²) in [4.78, 5) is 17.2. The fraction of sp³-hybridized carbons (Fsp3) is 0.750. The zero-order valence-corrected chi connectivity index (χ0v) is 12.6. The number of nitrogens with zero attached hydrogens (tertiary/aromatic N) is 5. The fourth-order valence-electron chi connectivity index (χ4n) is 1.78. The number of hydrogen-bond acceptors (Lipinski definition) is 7. The van der Waals surface area contributed by atoms with E-state index in [0.717, 1.165) is 6.54 Å². The van der Waals surface area contributed by atoms with Crippen LogP contribution in [-0.2, 0) is 4.74 Å². The third-order valence-corrected chi connectivity index (χ3v) is 2.77. The van der Waals surface area contributed by atoms with Gasteiger partial charge in [0.05, 0.1) is 12.6 Å². The molecular weight excluding hydrogens is 244 g/mol. The normalized spacial score (nSPS) is 12.1. The van der Waals surface area contributed by atoms with Gasteiger partial charge in [-0.1, -0.05) is 0 Å². The third kappa shape index (κ3) is 3.92. The molecule has 0 fully saturated rings. The van der Waals surface area contributed by atoms with Gasteiger partial charge in [-0.2, -0.15) is 15.0 Å². The molecule has 0 aliphatic carbocycles. The first kappa shape index (κ1) is 15.4. The van der Waals surface area contributed by atoms with Gasteiger partial charge in [0.15, 0.2) is 0 Å². The largest absolute Gasteiger partial charge is 0.383 e. The first-order valence-corrected chi connectivity index (χ1v) is 6.40. The molecule has 0 aliphatic rings. The monoisotopic (exact) mass is 268 g/mol. The average molecular weight is 268 g/mol. The maximum absolute atomic E-state index is 5.20. The molecule has 0 aliphatic heterocycles. The molecule has 1 rings (SSSR count). The van der Waals surface area contributed by atoms with Crippen molar-refractivity contribution in [1.29, 1.82) is 0 Å². The zero-order chi connectivity index (χ0) is 14.4. The maximum Gasteiger partial charge on any atom is 0.232 e. The van der Waals surface area contributed by atoms with Gasteiger partial charge in [0.25, 0.3) is 0 Å². The Kier molecular flexibility index (Phi) is 5.75. The van der Waals surface area contributed by atoms with E-state index in [0.29, 0.717) is 24.5 Å². The quantitative estimate of drug-likeness (QED) is 0.786. The van der Waals surface area contributed by atoms with E-state index in [1.54, 1.807) is 14.2 Å². The zero-order valence-electron chi connectivity index (χ0n) is 12.6. The Hall–Kier alpha value is -1.63.